The largest absolute Gasteiger partial charge is 0.372 e. The van der Waals surface area contributed by atoms with Crippen molar-refractivity contribution in [3.05, 3.63) is 63.9 Å². The highest BCUT2D eigenvalue weighted by atomic mass is 35.5. The number of hydrogen-bond donors (Lipinski definition) is 2. The first-order valence-corrected chi connectivity index (χ1v) is 11.1. The smallest absolute Gasteiger partial charge is 0.253 e. The quantitative estimate of drug-likeness (QED) is 0.621. The maximum Gasteiger partial charge on any atom is 0.253 e. The summed E-state index contributed by atoms with van der Waals surface area (Å²) in [6, 6.07) is 10.3. The van der Waals surface area contributed by atoms with Gasteiger partial charge in [-0.15, -0.1) is 0 Å². The first-order chi connectivity index (χ1) is 15.2. The first-order valence-electron chi connectivity index (χ1n) is 10.7. The van der Waals surface area contributed by atoms with E-state index in [0.29, 0.717) is 13.1 Å². The summed E-state index contributed by atoms with van der Waals surface area (Å²) in [5.41, 5.74) is 1.45. The van der Waals surface area contributed by atoms with Crippen molar-refractivity contribution in [2.24, 2.45) is 0 Å². The number of carbonyl (C=O) groups is 2. The molecule has 2 aromatic carbocycles. The topological polar surface area (TPSA) is 74.0 Å². The van der Waals surface area contributed by atoms with Gasteiger partial charge in [0.05, 0.1) is 34.4 Å². The molecule has 2 heterocycles. The van der Waals surface area contributed by atoms with Crippen LogP contribution in [-0.4, -0.2) is 56.1 Å². The third-order valence-electron chi connectivity index (χ3n) is 6.16. The molecule has 170 valence electrons. The summed E-state index contributed by atoms with van der Waals surface area (Å²) in [6.07, 6.45) is 0.224. The number of likely N-dealkylation sites (tertiary alicyclic amines) is 1. The highest BCUT2D eigenvalue weighted by molar-refractivity contribution is 6.31. The van der Waals surface area contributed by atoms with Crippen LogP contribution in [0, 0.1) is 5.82 Å². The van der Waals surface area contributed by atoms with Crippen LogP contribution >= 0.6 is 11.6 Å². The van der Waals surface area contributed by atoms with E-state index in [1.807, 2.05) is 24.3 Å². The molecule has 0 radical (unpaired) electrons. The molecule has 2 N–H and O–H groups in total. The summed E-state index contributed by atoms with van der Waals surface area (Å²) < 4.78 is 19.6. The number of nitrogens with one attached hydrogen (secondary N) is 2. The summed E-state index contributed by atoms with van der Waals surface area (Å²) in [5.74, 6) is -1.20. The standard InChI is InChI=1S/C24H27ClFN3O3/c1-14(2)16-6-4-5-7-18(16)24(12-29(13-24)10-15-11-32-15)23(31)28-21-9-20(26)19(25)8-17(21)22(30)27-3/h4-9,14-15H,10-13H2,1-3H3,(H,27,30)(H,28,31). The van der Waals surface area contributed by atoms with Crippen molar-refractivity contribution in [2.75, 3.05) is 38.6 Å². The first kappa shape index (κ1) is 22.7. The van der Waals surface area contributed by atoms with Crippen LogP contribution in [0.4, 0.5) is 10.1 Å². The lowest BCUT2D eigenvalue weighted by atomic mass is 9.69. The van der Waals surface area contributed by atoms with Gasteiger partial charge < -0.3 is 15.4 Å². The Bertz CT molecular complexity index is 1050. The van der Waals surface area contributed by atoms with Crippen LogP contribution in [0.5, 0.6) is 0 Å². The highest BCUT2D eigenvalue weighted by Gasteiger charge is 2.52. The van der Waals surface area contributed by atoms with Crippen molar-refractivity contribution in [2.45, 2.75) is 31.3 Å². The predicted octanol–water partition coefficient (Wildman–Crippen LogP) is 3.55. The molecular weight excluding hydrogens is 433 g/mol. The van der Waals surface area contributed by atoms with Crippen LogP contribution in [0.25, 0.3) is 0 Å². The molecule has 2 aliphatic rings. The molecular formula is C24H27ClFN3O3. The van der Waals surface area contributed by atoms with E-state index in [4.69, 9.17) is 16.3 Å². The van der Waals surface area contributed by atoms with E-state index < -0.39 is 17.1 Å². The van der Waals surface area contributed by atoms with E-state index in [9.17, 15) is 14.0 Å². The summed E-state index contributed by atoms with van der Waals surface area (Å²) in [4.78, 5) is 28.3. The second-order valence-electron chi connectivity index (χ2n) is 8.79. The number of rotatable bonds is 7. The lowest BCUT2D eigenvalue weighted by Gasteiger charge is -2.50. The Balaban J connectivity index is 1.70. The Kier molecular flexibility index (Phi) is 6.25. The maximum absolute atomic E-state index is 14.2. The van der Waals surface area contributed by atoms with Gasteiger partial charge in [-0.05, 0) is 29.2 Å². The number of benzene rings is 2. The van der Waals surface area contributed by atoms with E-state index >= 15 is 0 Å². The van der Waals surface area contributed by atoms with Crippen LogP contribution in [0.3, 0.4) is 0 Å². The molecule has 32 heavy (non-hydrogen) atoms. The average Bonchev–Trinajstić information content (AvgIpc) is 3.56. The highest BCUT2D eigenvalue weighted by Crippen LogP contribution is 2.41. The number of amides is 2. The lowest BCUT2D eigenvalue weighted by molar-refractivity contribution is -0.128. The number of nitrogens with zero attached hydrogens (tertiary/aromatic N) is 1. The Morgan fingerprint density at radius 2 is 1.97 bits per heavy atom. The van der Waals surface area contributed by atoms with E-state index in [1.54, 1.807) is 0 Å². The second-order valence-corrected chi connectivity index (χ2v) is 9.20. The van der Waals surface area contributed by atoms with Gasteiger partial charge in [-0.2, -0.15) is 0 Å². The van der Waals surface area contributed by atoms with Gasteiger partial charge in [0.25, 0.3) is 5.91 Å². The molecule has 0 saturated carbocycles. The number of anilines is 1. The summed E-state index contributed by atoms with van der Waals surface area (Å²) >= 11 is 5.89. The Labute approximate surface area is 192 Å². The van der Waals surface area contributed by atoms with E-state index in [2.05, 4.69) is 29.4 Å². The number of epoxide rings is 1. The minimum absolute atomic E-state index is 0.0987. The van der Waals surface area contributed by atoms with Crippen LogP contribution in [-0.2, 0) is 14.9 Å². The fraction of sp³-hybridized carbons (Fsp3) is 0.417. The molecule has 2 fully saturated rings. The van der Waals surface area contributed by atoms with Crippen molar-refractivity contribution >= 4 is 29.1 Å². The fourth-order valence-corrected chi connectivity index (χ4v) is 4.56. The Morgan fingerprint density at radius 3 is 2.59 bits per heavy atom. The van der Waals surface area contributed by atoms with Crippen LogP contribution in [0.15, 0.2) is 36.4 Å². The van der Waals surface area contributed by atoms with Gasteiger partial charge in [-0.3, -0.25) is 14.5 Å². The molecule has 6 nitrogen and oxygen atoms in total. The van der Waals surface area contributed by atoms with Crippen molar-refractivity contribution in [3.8, 4) is 0 Å². The van der Waals surface area contributed by atoms with Gasteiger partial charge in [0.15, 0.2) is 0 Å². The van der Waals surface area contributed by atoms with Crippen LogP contribution in [0.1, 0.15) is 41.3 Å². The van der Waals surface area contributed by atoms with Crippen molar-refractivity contribution in [1.82, 2.24) is 10.2 Å². The summed E-state index contributed by atoms with van der Waals surface area (Å²) in [7, 11) is 1.47. The fourth-order valence-electron chi connectivity index (χ4n) is 4.39. The van der Waals surface area contributed by atoms with Gasteiger partial charge in [0, 0.05) is 26.7 Å². The molecule has 0 bridgehead atoms. The van der Waals surface area contributed by atoms with Gasteiger partial charge in [-0.1, -0.05) is 49.7 Å². The number of carbonyl (C=O) groups excluding carboxylic acids is 2. The molecule has 2 aromatic rings. The van der Waals surface area contributed by atoms with Crippen molar-refractivity contribution < 1.29 is 18.7 Å². The zero-order valence-corrected chi connectivity index (χ0v) is 19.1. The molecule has 8 heteroatoms. The molecule has 2 amide bonds. The van der Waals surface area contributed by atoms with Crippen LogP contribution in [0.2, 0.25) is 5.02 Å². The monoisotopic (exact) mass is 459 g/mol. The average molecular weight is 460 g/mol. The second kappa shape index (κ2) is 8.81. The maximum atomic E-state index is 14.2. The number of halogens is 2. The Hall–Kier alpha value is -2.48. The summed E-state index contributed by atoms with van der Waals surface area (Å²) in [6.45, 7) is 6.76. The molecule has 1 unspecified atom stereocenters. The molecule has 2 aliphatic heterocycles. The molecule has 0 aliphatic carbocycles. The normalized spacial score (nSPS) is 19.4. The van der Waals surface area contributed by atoms with Crippen molar-refractivity contribution in [1.29, 1.82) is 0 Å². The number of ether oxygens (including phenoxy) is 1. The van der Waals surface area contributed by atoms with Crippen molar-refractivity contribution in [3.63, 3.8) is 0 Å². The van der Waals surface area contributed by atoms with Gasteiger partial charge in [-0.25, -0.2) is 4.39 Å². The third kappa shape index (κ3) is 4.25. The van der Waals surface area contributed by atoms with Gasteiger partial charge in [0.2, 0.25) is 5.91 Å². The number of hydrogen-bond acceptors (Lipinski definition) is 4. The lowest BCUT2D eigenvalue weighted by Crippen LogP contribution is -2.65. The third-order valence-corrected chi connectivity index (χ3v) is 6.45. The molecule has 0 aromatic heterocycles. The van der Waals surface area contributed by atoms with E-state index in [-0.39, 0.29) is 34.2 Å². The zero-order valence-electron chi connectivity index (χ0n) is 18.4. The molecule has 1 atom stereocenters. The van der Waals surface area contributed by atoms with Crippen LogP contribution < -0.4 is 10.6 Å². The molecule has 2 saturated heterocycles. The minimum atomic E-state index is -0.814. The van der Waals surface area contributed by atoms with E-state index in [1.165, 1.54) is 13.1 Å². The minimum Gasteiger partial charge on any atom is -0.372 e. The van der Waals surface area contributed by atoms with Gasteiger partial charge >= 0.3 is 0 Å². The van der Waals surface area contributed by atoms with Gasteiger partial charge in [0.1, 0.15) is 5.82 Å². The molecule has 0 spiro atoms. The SMILES string of the molecule is CNC(=O)c1cc(Cl)c(F)cc1NC(=O)C1(c2ccccc2C(C)C)CN(CC2CO2)C1. The van der Waals surface area contributed by atoms with E-state index in [0.717, 1.165) is 30.3 Å². The Morgan fingerprint density at radius 1 is 1.28 bits per heavy atom. The predicted molar refractivity (Wildman–Crippen MR) is 122 cm³/mol. The summed E-state index contributed by atoms with van der Waals surface area (Å²) in [5, 5.41) is 5.16. The molecule has 4 rings (SSSR count). The zero-order chi connectivity index (χ0) is 23.0.